The fraction of sp³-hybridized carbons (Fsp3) is 0.941. The second-order valence-electron chi connectivity index (χ2n) is 6.27. The summed E-state index contributed by atoms with van der Waals surface area (Å²) < 4.78 is 5.71. The monoisotopic (exact) mass is 268 g/mol. The molecule has 1 saturated heterocycles. The van der Waals surface area contributed by atoms with E-state index in [9.17, 15) is 4.79 Å². The summed E-state index contributed by atoms with van der Waals surface area (Å²) in [5.41, 5.74) is 0. The molecule has 1 rings (SSSR count). The molecule has 0 aromatic rings. The zero-order valence-electron chi connectivity index (χ0n) is 13.1. The van der Waals surface area contributed by atoms with Crippen molar-refractivity contribution in [1.82, 2.24) is 0 Å². The number of ketones is 1. The first kappa shape index (κ1) is 16.7. The first-order chi connectivity index (χ1) is 9.15. The van der Waals surface area contributed by atoms with Crippen molar-refractivity contribution >= 4 is 5.78 Å². The standard InChI is InChI=1S/C17H32O2/c1-4-5-6-7-8-9-10-11-12-16(18)17-14(2)13-15(3)19-17/h14-15,17H,4-13H2,1-3H3. The summed E-state index contributed by atoms with van der Waals surface area (Å²) >= 11 is 0. The van der Waals surface area contributed by atoms with Crippen LogP contribution in [-0.2, 0) is 9.53 Å². The van der Waals surface area contributed by atoms with Crippen molar-refractivity contribution in [3.05, 3.63) is 0 Å². The molecule has 0 radical (unpaired) electrons. The molecule has 3 unspecified atom stereocenters. The fourth-order valence-corrected chi connectivity index (χ4v) is 3.06. The molecule has 2 heteroatoms. The molecule has 19 heavy (non-hydrogen) atoms. The fourth-order valence-electron chi connectivity index (χ4n) is 3.06. The van der Waals surface area contributed by atoms with Crippen LogP contribution in [0.15, 0.2) is 0 Å². The largest absolute Gasteiger partial charge is 0.367 e. The molecule has 1 fully saturated rings. The van der Waals surface area contributed by atoms with Crippen molar-refractivity contribution in [2.45, 2.75) is 97.2 Å². The maximum atomic E-state index is 12.1. The normalized spacial score (nSPS) is 26.8. The molecular weight excluding hydrogens is 236 g/mol. The van der Waals surface area contributed by atoms with Gasteiger partial charge < -0.3 is 4.74 Å². The van der Waals surface area contributed by atoms with Crippen LogP contribution in [-0.4, -0.2) is 18.0 Å². The second kappa shape index (κ2) is 9.52. The summed E-state index contributed by atoms with van der Waals surface area (Å²) in [6, 6.07) is 0. The average molecular weight is 268 g/mol. The Hall–Kier alpha value is -0.370. The van der Waals surface area contributed by atoms with E-state index in [-0.39, 0.29) is 12.2 Å². The minimum absolute atomic E-state index is 0.112. The molecule has 3 atom stereocenters. The van der Waals surface area contributed by atoms with Gasteiger partial charge in [-0.25, -0.2) is 0 Å². The molecule has 0 saturated carbocycles. The lowest BCUT2D eigenvalue weighted by atomic mass is 9.96. The van der Waals surface area contributed by atoms with Crippen LogP contribution in [0.25, 0.3) is 0 Å². The van der Waals surface area contributed by atoms with Gasteiger partial charge in [-0.05, 0) is 25.7 Å². The van der Waals surface area contributed by atoms with Gasteiger partial charge in [0.2, 0.25) is 0 Å². The highest BCUT2D eigenvalue weighted by molar-refractivity contribution is 5.83. The minimum Gasteiger partial charge on any atom is -0.367 e. The van der Waals surface area contributed by atoms with E-state index in [4.69, 9.17) is 4.74 Å². The zero-order valence-corrected chi connectivity index (χ0v) is 13.1. The number of carbonyl (C=O) groups is 1. The van der Waals surface area contributed by atoms with Crippen molar-refractivity contribution in [3.8, 4) is 0 Å². The van der Waals surface area contributed by atoms with Crippen molar-refractivity contribution in [3.63, 3.8) is 0 Å². The minimum atomic E-state index is -0.112. The molecule has 1 aliphatic heterocycles. The van der Waals surface area contributed by atoms with Gasteiger partial charge >= 0.3 is 0 Å². The summed E-state index contributed by atoms with van der Waals surface area (Å²) in [6.07, 6.45) is 12.2. The van der Waals surface area contributed by atoms with Crippen molar-refractivity contribution in [2.24, 2.45) is 5.92 Å². The van der Waals surface area contributed by atoms with Gasteiger partial charge in [0, 0.05) is 6.42 Å². The van der Waals surface area contributed by atoms with E-state index in [1.807, 2.05) is 0 Å². The third-order valence-electron chi connectivity index (χ3n) is 4.19. The summed E-state index contributed by atoms with van der Waals surface area (Å²) in [5, 5.41) is 0. The molecule has 0 aromatic heterocycles. The SMILES string of the molecule is CCCCCCCCCCC(=O)C1OC(C)CC1C. The van der Waals surface area contributed by atoms with E-state index in [1.54, 1.807) is 0 Å². The van der Waals surface area contributed by atoms with Gasteiger partial charge in [-0.1, -0.05) is 58.8 Å². The molecular formula is C17H32O2. The number of rotatable bonds is 10. The number of ether oxygens (including phenoxy) is 1. The van der Waals surface area contributed by atoms with E-state index in [0.29, 0.717) is 11.7 Å². The Bertz CT molecular complexity index is 250. The molecule has 0 aromatic carbocycles. The van der Waals surface area contributed by atoms with E-state index in [0.717, 1.165) is 19.3 Å². The van der Waals surface area contributed by atoms with Gasteiger partial charge in [0.15, 0.2) is 5.78 Å². The quantitative estimate of drug-likeness (QED) is 0.527. The number of hydrogen-bond donors (Lipinski definition) is 0. The molecule has 0 spiro atoms. The van der Waals surface area contributed by atoms with E-state index < -0.39 is 0 Å². The van der Waals surface area contributed by atoms with Gasteiger partial charge in [-0.3, -0.25) is 4.79 Å². The Kier molecular flexibility index (Phi) is 8.36. The van der Waals surface area contributed by atoms with Gasteiger partial charge in [-0.2, -0.15) is 0 Å². The van der Waals surface area contributed by atoms with E-state index in [2.05, 4.69) is 20.8 Å². The maximum Gasteiger partial charge on any atom is 0.161 e. The summed E-state index contributed by atoms with van der Waals surface area (Å²) in [4.78, 5) is 12.1. The Balaban J connectivity index is 1.99. The van der Waals surface area contributed by atoms with E-state index >= 15 is 0 Å². The summed E-state index contributed by atoms with van der Waals surface area (Å²) in [5.74, 6) is 0.749. The molecule has 0 N–H and O–H groups in total. The zero-order chi connectivity index (χ0) is 14.1. The summed E-state index contributed by atoms with van der Waals surface area (Å²) in [6.45, 7) is 6.46. The van der Waals surface area contributed by atoms with Gasteiger partial charge in [0.1, 0.15) is 6.10 Å². The number of unbranched alkanes of at least 4 members (excludes halogenated alkanes) is 7. The molecule has 0 aliphatic carbocycles. The third-order valence-corrected chi connectivity index (χ3v) is 4.19. The number of Topliss-reactive ketones (excluding diaryl/α,β-unsaturated/α-hetero) is 1. The van der Waals surface area contributed by atoms with Crippen LogP contribution in [0.2, 0.25) is 0 Å². The van der Waals surface area contributed by atoms with Crippen LogP contribution in [0.3, 0.4) is 0 Å². The highest BCUT2D eigenvalue weighted by atomic mass is 16.5. The van der Waals surface area contributed by atoms with Crippen molar-refractivity contribution in [2.75, 3.05) is 0 Å². The lowest BCUT2D eigenvalue weighted by molar-refractivity contribution is -0.131. The van der Waals surface area contributed by atoms with Crippen LogP contribution < -0.4 is 0 Å². The first-order valence-corrected chi connectivity index (χ1v) is 8.33. The first-order valence-electron chi connectivity index (χ1n) is 8.33. The Morgan fingerprint density at radius 2 is 1.58 bits per heavy atom. The molecule has 2 nitrogen and oxygen atoms in total. The van der Waals surface area contributed by atoms with Crippen molar-refractivity contribution < 1.29 is 9.53 Å². The number of hydrogen-bond acceptors (Lipinski definition) is 2. The second-order valence-corrected chi connectivity index (χ2v) is 6.27. The molecule has 0 amide bonds. The Morgan fingerprint density at radius 3 is 2.11 bits per heavy atom. The lowest BCUT2D eigenvalue weighted by Crippen LogP contribution is -2.25. The Labute approximate surface area is 119 Å². The average Bonchev–Trinajstić information content (AvgIpc) is 2.71. The lowest BCUT2D eigenvalue weighted by Gasteiger charge is -2.13. The van der Waals surface area contributed by atoms with Crippen LogP contribution in [0, 0.1) is 5.92 Å². The predicted molar refractivity (Wildman–Crippen MR) is 80.4 cm³/mol. The molecule has 1 aliphatic rings. The van der Waals surface area contributed by atoms with Crippen LogP contribution in [0.1, 0.15) is 85.0 Å². The van der Waals surface area contributed by atoms with Gasteiger partial charge in [-0.15, -0.1) is 0 Å². The smallest absolute Gasteiger partial charge is 0.161 e. The van der Waals surface area contributed by atoms with Crippen LogP contribution in [0.4, 0.5) is 0 Å². The highest BCUT2D eigenvalue weighted by Crippen LogP contribution is 2.27. The Morgan fingerprint density at radius 1 is 1.00 bits per heavy atom. The molecule has 1 heterocycles. The van der Waals surface area contributed by atoms with Crippen molar-refractivity contribution in [1.29, 1.82) is 0 Å². The third kappa shape index (κ3) is 6.56. The maximum absolute atomic E-state index is 12.1. The van der Waals surface area contributed by atoms with E-state index in [1.165, 1.54) is 44.9 Å². The molecule has 112 valence electrons. The predicted octanol–water partition coefficient (Wildman–Crippen LogP) is 4.90. The topological polar surface area (TPSA) is 26.3 Å². The van der Waals surface area contributed by atoms with Gasteiger partial charge in [0.05, 0.1) is 6.10 Å². The molecule has 0 bridgehead atoms. The van der Waals surface area contributed by atoms with Crippen LogP contribution in [0.5, 0.6) is 0 Å². The highest BCUT2D eigenvalue weighted by Gasteiger charge is 2.34. The number of carbonyl (C=O) groups excluding carboxylic acids is 1. The summed E-state index contributed by atoms with van der Waals surface area (Å²) in [7, 11) is 0. The van der Waals surface area contributed by atoms with Crippen LogP contribution >= 0.6 is 0 Å². The van der Waals surface area contributed by atoms with Gasteiger partial charge in [0.25, 0.3) is 0 Å².